The van der Waals surface area contributed by atoms with Gasteiger partial charge in [-0.2, -0.15) is 5.26 Å². The molecule has 1 heterocycles. The molecule has 19 heavy (non-hydrogen) atoms. The summed E-state index contributed by atoms with van der Waals surface area (Å²) in [5, 5.41) is 11.4. The Kier molecular flexibility index (Phi) is 3.39. The normalized spacial score (nSPS) is 9.68. The summed E-state index contributed by atoms with van der Waals surface area (Å²) in [5.41, 5.74) is 6.58. The number of rotatable bonds is 2. The van der Waals surface area contributed by atoms with Gasteiger partial charge in [0.2, 0.25) is 0 Å². The zero-order valence-corrected chi connectivity index (χ0v) is 9.72. The van der Waals surface area contributed by atoms with Crippen LogP contribution in [-0.2, 0) is 0 Å². The summed E-state index contributed by atoms with van der Waals surface area (Å²) in [5.74, 6) is -1.15. The van der Waals surface area contributed by atoms with Crippen molar-refractivity contribution in [3.05, 3.63) is 53.6 Å². The van der Waals surface area contributed by atoms with Crippen LogP contribution in [-0.4, -0.2) is 10.9 Å². The molecule has 0 atom stereocenters. The van der Waals surface area contributed by atoms with E-state index in [0.29, 0.717) is 11.4 Å². The first-order valence-electron chi connectivity index (χ1n) is 5.31. The van der Waals surface area contributed by atoms with Crippen LogP contribution in [0.4, 0.5) is 15.8 Å². The van der Waals surface area contributed by atoms with E-state index in [1.54, 1.807) is 6.07 Å². The topological polar surface area (TPSA) is 91.8 Å². The van der Waals surface area contributed by atoms with E-state index in [2.05, 4.69) is 10.3 Å². The number of pyridine rings is 1. The van der Waals surface area contributed by atoms with Gasteiger partial charge in [-0.3, -0.25) is 9.78 Å². The zero-order chi connectivity index (χ0) is 13.8. The highest BCUT2D eigenvalue weighted by molar-refractivity contribution is 6.04. The van der Waals surface area contributed by atoms with Crippen molar-refractivity contribution in [1.29, 1.82) is 5.26 Å². The molecule has 0 radical (unpaired) electrons. The number of carbonyl (C=O) groups is 1. The van der Waals surface area contributed by atoms with Gasteiger partial charge in [0.25, 0.3) is 5.91 Å². The molecule has 0 saturated heterocycles. The van der Waals surface area contributed by atoms with Gasteiger partial charge in [0.05, 0.1) is 23.0 Å². The number of hydrogen-bond acceptors (Lipinski definition) is 4. The quantitative estimate of drug-likeness (QED) is 0.803. The number of nitriles is 1. The standard InChI is InChI=1S/C13H9FN4O/c14-10-3-9(6-17-7-10)13(19)18-12-2-1-11(16)4-8(12)5-15/h1-4,6-7H,16H2,(H,18,19). The summed E-state index contributed by atoms with van der Waals surface area (Å²) in [4.78, 5) is 15.4. The van der Waals surface area contributed by atoms with Crippen LogP contribution in [0.5, 0.6) is 0 Å². The van der Waals surface area contributed by atoms with Crippen LogP contribution in [0, 0.1) is 17.1 Å². The fraction of sp³-hybridized carbons (Fsp3) is 0. The number of benzene rings is 1. The number of nitrogens with two attached hydrogens (primary N) is 1. The van der Waals surface area contributed by atoms with Crippen molar-refractivity contribution < 1.29 is 9.18 Å². The second-order valence-corrected chi connectivity index (χ2v) is 3.76. The Morgan fingerprint density at radius 2 is 2.16 bits per heavy atom. The molecule has 1 aromatic heterocycles. The molecule has 0 saturated carbocycles. The predicted molar refractivity (Wildman–Crippen MR) is 67.7 cm³/mol. The molecule has 0 aliphatic rings. The summed E-state index contributed by atoms with van der Waals surface area (Å²) in [6, 6.07) is 7.49. The van der Waals surface area contributed by atoms with Crippen LogP contribution in [0.2, 0.25) is 0 Å². The molecule has 94 valence electrons. The summed E-state index contributed by atoms with van der Waals surface area (Å²) in [6.07, 6.45) is 2.24. The van der Waals surface area contributed by atoms with Crippen molar-refractivity contribution in [3.8, 4) is 6.07 Å². The molecular formula is C13H9FN4O. The number of anilines is 2. The van der Waals surface area contributed by atoms with Gasteiger partial charge in [-0.1, -0.05) is 0 Å². The van der Waals surface area contributed by atoms with Crippen molar-refractivity contribution in [2.75, 3.05) is 11.1 Å². The molecule has 0 spiro atoms. The number of amides is 1. The third-order valence-electron chi connectivity index (χ3n) is 2.38. The molecule has 1 amide bonds. The van der Waals surface area contributed by atoms with Crippen LogP contribution < -0.4 is 11.1 Å². The first-order chi connectivity index (χ1) is 9.10. The lowest BCUT2D eigenvalue weighted by Gasteiger charge is -2.07. The monoisotopic (exact) mass is 256 g/mol. The number of aromatic nitrogens is 1. The highest BCUT2D eigenvalue weighted by Crippen LogP contribution is 2.18. The van der Waals surface area contributed by atoms with Crippen molar-refractivity contribution in [1.82, 2.24) is 4.98 Å². The van der Waals surface area contributed by atoms with Gasteiger partial charge in [-0.15, -0.1) is 0 Å². The molecule has 6 heteroatoms. The van der Waals surface area contributed by atoms with Crippen molar-refractivity contribution in [2.24, 2.45) is 0 Å². The Balaban J connectivity index is 2.27. The lowest BCUT2D eigenvalue weighted by Crippen LogP contribution is -2.13. The summed E-state index contributed by atoms with van der Waals surface area (Å²) in [7, 11) is 0. The van der Waals surface area contributed by atoms with Crippen molar-refractivity contribution in [2.45, 2.75) is 0 Å². The van der Waals surface area contributed by atoms with E-state index in [-0.39, 0.29) is 11.1 Å². The fourth-order valence-corrected chi connectivity index (χ4v) is 1.49. The van der Waals surface area contributed by atoms with Crippen molar-refractivity contribution >= 4 is 17.3 Å². The van der Waals surface area contributed by atoms with Crippen LogP contribution in [0.1, 0.15) is 15.9 Å². The molecule has 1 aromatic carbocycles. The summed E-state index contributed by atoms with van der Waals surface area (Å²) in [6.45, 7) is 0. The summed E-state index contributed by atoms with van der Waals surface area (Å²) >= 11 is 0. The number of hydrogen-bond donors (Lipinski definition) is 2. The molecule has 0 aliphatic heterocycles. The van der Waals surface area contributed by atoms with Crippen LogP contribution >= 0.6 is 0 Å². The smallest absolute Gasteiger partial charge is 0.257 e. The predicted octanol–water partition coefficient (Wildman–Crippen LogP) is 1.93. The molecule has 3 N–H and O–H groups in total. The maximum atomic E-state index is 13.0. The Morgan fingerprint density at radius 3 is 2.84 bits per heavy atom. The van der Waals surface area contributed by atoms with E-state index >= 15 is 0 Å². The molecule has 2 rings (SSSR count). The minimum absolute atomic E-state index is 0.0701. The average Bonchev–Trinajstić information content (AvgIpc) is 2.40. The maximum Gasteiger partial charge on any atom is 0.257 e. The second kappa shape index (κ2) is 5.14. The zero-order valence-electron chi connectivity index (χ0n) is 9.72. The van der Waals surface area contributed by atoms with Gasteiger partial charge in [-0.25, -0.2) is 4.39 Å². The van der Waals surface area contributed by atoms with Crippen LogP contribution in [0.25, 0.3) is 0 Å². The van der Waals surface area contributed by atoms with Gasteiger partial charge in [0.15, 0.2) is 0 Å². The number of carbonyl (C=O) groups excluding carboxylic acids is 1. The van der Waals surface area contributed by atoms with Gasteiger partial charge < -0.3 is 11.1 Å². The molecule has 0 bridgehead atoms. The van der Waals surface area contributed by atoms with E-state index < -0.39 is 11.7 Å². The molecular weight excluding hydrogens is 247 g/mol. The van der Waals surface area contributed by atoms with Crippen LogP contribution in [0.3, 0.4) is 0 Å². The first-order valence-corrected chi connectivity index (χ1v) is 5.31. The fourth-order valence-electron chi connectivity index (χ4n) is 1.49. The molecule has 5 nitrogen and oxygen atoms in total. The number of nitrogens with one attached hydrogen (secondary N) is 1. The lowest BCUT2D eigenvalue weighted by atomic mass is 10.1. The van der Waals surface area contributed by atoms with Gasteiger partial charge in [0, 0.05) is 11.9 Å². The van der Waals surface area contributed by atoms with Gasteiger partial charge >= 0.3 is 0 Å². The minimum Gasteiger partial charge on any atom is -0.399 e. The Labute approximate surface area is 108 Å². The van der Waals surface area contributed by atoms with Gasteiger partial charge in [-0.05, 0) is 24.3 Å². The number of nitrogens with zero attached hydrogens (tertiary/aromatic N) is 2. The lowest BCUT2D eigenvalue weighted by molar-refractivity contribution is 0.102. The first kappa shape index (κ1) is 12.5. The van der Waals surface area contributed by atoms with Gasteiger partial charge in [0.1, 0.15) is 11.9 Å². The largest absolute Gasteiger partial charge is 0.399 e. The van der Waals surface area contributed by atoms with E-state index in [1.165, 1.54) is 18.3 Å². The minimum atomic E-state index is -0.606. The molecule has 0 aliphatic carbocycles. The average molecular weight is 256 g/mol. The summed E-state index contributed by atoms with van der Waals surface area (Å²) < 4.78 is 13.0. The Morgan fingerprint density at radius 1 is 1.37 bits per heavy atom. The second-order valence-electron chi connectivity index (χ2n) is 3.76. The SMILES string of the molecule is N#Cc1cc(N)ccc1NC(=O)c1cncc(F)c1. The van der Waals surface area contributed by atoms with Crippen molar-refractivity contribution in [3.63, 3.8) is 0 Å². The Hall–Kier alpha value is -2.94. The third kappa shape index (κ3) is 2.84. The molecule has 2 aromatic rings. The number of halogens is 1. The highest BCUT2D eigenvalue weighted by Gasteiger charge is 2.10. The highest BCUT2D eigenvalue weighted by atomic mass is 19.1. The maximum absolute atomic E-state index is 13.0. The number of nitrogen functional groups attached to an aromatic ring is 1. The van der Waals surface area contributed by atoms with Crippen LogP contribution in [0.15, 0.2) is 36.7 Å². The van der Waals surface area contributed by atoms with E-state index in [0.717, 1.165) is 12.3 Å². The molecule has 0 fully saturated rings. The Bertz CT molecular complexity index is 679. The molecule has 0 unspecified atom stereocenters. The van der Waals surface area contributed by atoms with E-state index in [9.17, 15) is 9.18 Å². The van der Waals surface area contributed by atoms with E-state index in [4.69, 9.17) is 11.0 Å². The van der Waals surface area contributed by atoms with E-state index in [1.807, 2.05) is 6.07 Å². The third-order valence-corrected chi connectivity index (χ3v) is 2.38.